The fraction of sp³-hybridized carbons (Fsp3) is 0.500. The fourth-order valence-corrected chi connectivity index (χ4v) is 2.05. The van der Waals surface area contributed by atoms with Crippen molar-refractivity contribution in [1.29, 1.82) is 0 Å². The number of rotatable bonds is 5. The molecule has 4 nitrogen and oxygen atoms in total. The third kappa shape index (κ3) is 7.27. The third-order valence-corrected chi connectivity index (χ3v) is 3.17. The number of ether oxygens (including phenoxy) is 1. The second kappa shape index (κ2) is 8.59. The van der Waals surface area contributed by atoms with Gasteiger partial charge in [0.25, 0.3) is 0 Å². The minimum absolute atomic E-state index is 0.00355. The molecular weight excluding hydrogens is 276 g/mol. The molecule has 4 heteroatoms. The Kier molecular flexibility index (Phi) is 7.88. The lowest BCUT2D eigenvalue weighted by molar-refractivity contribution is -0.106. The van der Waals surface area contributed by atoms with E-state index in [2.05, 4.69) is 53.0 Å². The van der Waals surface area contributed by atoms with Crippen LogP contribution in [0.4, 0.5) is 5.69 Å². The second-order valence-electron chi connectivity index (χ2n) is 6.84. The number of amides is 1. The molecule has 0 aliphatic heterocycles. The largest absolute Gasteiger partial charge is 0.398 e. The molecule has 0 aliphatic carbocycles. The Hall–Kier alpha value is -1.81. The normalized spacial score (nSPS) is 11.3. The van der Waals surface area contributed by atoms with Crippen LogP contribution in [0.3, 0.4) is 0 Å². The predicted octanol–water partition coefficient (Wildman–Crippen LogP) is 3.54. The van der Waals surface area contributed by atoms with Crippen LogP contribution in [0.1, 0.15) is 52.2 Å². The highest BCUT2D eigenvalue weighted by atomic mass is 16.5. The smallest absolute Gasteiger partial charge is 0.204 e. The number of carbonyl (C=O) groups is 1. The summed E-state index contributed by atoms with van der Waals surface area (Å²) in [7, 11) is 0. The molecule has 1 amide bonds. The Morgan fingerprint density at radius 1 is 1.23 bits per heavy atom. The molecule has 22 heavy (non-hydrogen) atoms. The van der Waals surface area contributed by atoms with E-state index in [1.807, 2.05) is 18.2 Å². The van der Waals surface area contributed by atoms with Gasteiger partial charge in [-0.05, 0) is 49.8 Å². The molecule has 0 unspecified atom stereocenters. The van der Waals surface area contributed by atoms with Crippen LogP contribution in [0.2, 0.25) is 0 Å². The molecule has 124 valence electrons. The van der Waals surface area contributed by atoms with Crippen molar-refractivity contribution >= 4 is 12.1 Å². The summed E-state index contributed by atoms with van der Waals surface area (Å²) in [5.74, 6) is 0. The Labute approximate surface area is 134 Å². The van der Waals surface area contributed by atoms with Crippen molar-refractivity contribution in [1.82, 2.24) is 0 Å². The summed E-state index contributed by atoms with van der Waals surface area (Å²) in [6.45, 7) is 15.0. The number of allylic oxidation sites excluding steroid dienone is 1. The quantitative estimate of drug-likeness (QED) is 0.496. The van der Waals surface area contributed by atoms with Crippen molar-refractivity contribution in [2.75, 3.05) is 5.73 Å². The highest BCUT2D eigenvalue weighted by Crippen LogP contribution is 2.32. The zero-order valence-electron chi connectivity index (χ0n) is 14.5. The number of nitrogens with two attached hydrogens (primary N) is 2. The van der Waals surface area contributed by atoms with Gasteiger partial charge in [0.1, 0.15) is 0 Å². The van der Waals surface area contributed by atoms with Gasteiger partial charge in [-0.15, -0.1) is 6.58 Å². The van der Waals surface area contributed by atoms with Gasteiger partial charge >= 0.3 is 0 Å². The van der Waals surface area contributed by atoms with Crippen molar-refractivity contribution in [2.24, 2.45) is 5.73 Å². The predicted molar refractivity (Wildman–Crippen MR) is 93.5 cm³/mol. The zero-order valence-corrected chi connectivity index (χ0v) is 14.5. The van der Waals surface area contributed by atoms with E-state index < -0.39 is 0 Å². The molecule has 1 aromatic rings. The maximum Gasteiger partial charge on any atom is 0.204 e. The van der Waals surface area contributed by atoms with Crippen LogP contribution in [0, 0.1) is 0 Å². The van der Waals surface area contributed by atoms with Gasteiger partial charge in [-0.1, -0.05) is 32.1 Å². The van der Waals surface area contributed by atoms with Gasteiger partial charge in [-0.25, -0.2) is 0 Å². The number of primary amides is 1. The molecule has 0 saturated carbocycles. The van der Waals surface area contributed by atoms with E-state index in [9.17, 15) is 0 Å². The molecule has 0 heterocycles. The summed E-state index contributed by atoms with van der Waals surface area (Å²) in [5, 5.41) is 0. The molecule has 0 spiro atoms. The summed E-state index contributed by atoms with van der Waals surface area (Å²) < 4.78 is 5.82. The van der Waals surface area contributed by atoms with Gasteiger partial charge < -0.3 is 16.2 Å². The van der Waals surface area contributed by atoms with Crippen molar-refractivity contribution in [3.05, 3.63) is 42.0 Å². The van der Waals surface area contributed by atoms with Crippen molar-refractivity contribution < 1.29 is 9.53 Å². The molecule has 0 radical (unpaired) electrons. The van der Waals surface area contributed by atoms with Crippen LogP contribution in [-0.4, -0.2) is 12.0 Å². The molecule has 4 N–H and O–H groups in total. The van der Waals surface area contributed by atoms with Gasteiger partial charge in [0, 0.05) is 5.69 Å². The summed E-state index contributed by atoms with van der Waals surface area (Å²) >= 11 is 0. The average molecular weight is 306 g/mol. The standard InChI is InChI=1S/C17H27NO.CH3NO/c1-7-10-17(5,6)14-11-13(8-9-15(14)18)12-19-16(2,3)4;2-1-3/h7-9,11H,1,10,12,18H2,2-6H3;1H,(H2,2,3). The van der Waals surface area contributed by atoms with E-state index in [0.29, 0.717) is 6.61 Å². The van der Waals surface area contributed by atoms with E-state index >= 15 is 0 Å². The topological polar surface area (TPSA) is 78.3 Å². The van der Waals surface area contributed by atoms with Crippen LogP contribution >= 0.6 is 0 Å². The zero-order chi connectivity index (χ0) is 17.4. The number of hydrogen-bond acceptors (Lipinski definition) is 3. The first kappa shape index (κ1) is 20.2. The number of anilines is 1. The lowest BCUT2D eigenvalue weighted by Gasteiger charge is -2.26. The second-order valence-corrected chi connectivity index (χ2v) is 6.84. The van der Waals surface area contributed by atoms with Crippen molar-refractivity contribution in [2.45, 2.75) is 58.7 Å². The van der Waals surface area contributed by atoms with Gasteiger partial charge in [-0.2, -0.15) is 0 Å². The Bertz CT molecular complexity index is 488. The number of hydrogen-bond donors (Lipinski definition) is 2. The fourth-order valence-electron chi connectivity index (χ4n) is 2.05. The SMILES string of the molecule is C=CCC(C)(C)c1cc(COC(C)(C)C)ccc1N.NC=O. The van der Waals surface area contributed by atoms with E-state index in [4.69, 9.17) is 15.3 Å². The molecule has 1 rings (SSSR count). The highest BCUT2D eigenvalue weighted by molar-refractivity contribution is 5.52. The van der Waals surface area contributed by atoms with E-state index in [0.717, 1.165) is 17.7 Å². The average Bonchev–Trinajstić information content (AvgIpc) is 2.37. The van der Waals surface area contributed by atoms with E-state index in [1.165, 1.54) is 5.56 Å². The maximum atomic E-state index is 8.58. The molecule has 1 aromatic carbocycles. The summed E-state index contributed by atoms with van der Waals surface area (Å²) in [5.41, 5.74) is 13.3. The summed E-state index contributed by atoms with van der Waals surface area (Å²) in [6, 6.07) is 6.17. The molecular formula is C18H30N2O2. The molecule has 0 aliphatic rings. The monoisotopic (exact) mass is 306 g/mol. The number of carbonyl (C=O) groups excluding carboxylic acids is 1. The number of benzene rings is 1. The van der Waals surface area contributed by atoms with Crippen molar-refractivity contribution in [3.63, 3.8) is 0 Å². The van der Waals surface area contributed by atoms with E-state index in [-0.39, 0.29) is 17.4 Å². The van der Waals surface area contributed by atoms with Crippen LogP contribution in [0.5, 0.6) is 0 Å². The van der Waals surface area contributed by atoms with Crippen LogP contribution in [0.25, 0.3) is 0 Å². The Morgan fingerprint density at radius 2 is 1.77 bits per heavy atom. The lowest BCUT2D eigenvalue weighted by atomic mass is 9.80. The van der Waals surface area contributed by atoms with Gasteiger partial charge in [0.15, 0.2) is 0 Å². The maximum absolute atomic E-state index is 8.58. The summed E-state index contributed by atoms with van der Waals surface area (Å²) in [4.78, 5) is 8.58. The van der Waals surface area contributed by atoms with Crippen LogP contribution in [0.15, 0.2) is 30.9 Å². The minimum Gasteiger partial charge on any atom is -0.398 e. The third-order valence-electron chi connectivity index (χ3n) is 3.17. The molecule has 0 bridgehead atoms. The number of nitrogen functional groups attached to an aromatic ring is 1. The molecule has 0 saturated heterocycles. The lowest BCUT2D eigenvalue weighted by Crippen LogP contribution is -2.20. The molecule has 0 aromatic heterocycles. The molecule has 0 atom stereocenters. The van der Waals surface area contributed by atoms with Crippen molar-refractivity contribution in [3.8, 4) is 0 Å². The van der Waals surface area contributed by atoms with Gasteiger partial charge in [0.05, 0.1) is 12.2 Å². The molecule has 0 fully saturated rings. The minimum atomic E-state index is -0.127. The van der Waals surface area contributed by atoms with Gasteiger partial charge in [0.2, 0.25) is 6.41 Å². The van der Waals surface area contributed by atoms with Crippen LogP contribution < -0.4 is 11.5 Å². The highest BCUT2D eigenvalue weighted by Gasteiger charge is 2.22. The Morgan fingerprint density at radius 3 is 2.23 bits per heavy atom. The first-order chi connectivity index (χ1) is 10.1. The first-order valence-corrected chi connectivity index (χ1v) is 7.36. The van der Waals surface area contributed by atoms with Crippen LogP contribution in [-0.2, 0) is 21.6 Å². The van der Waals surface area contributed by atoms with Gasteiger partial charge in [-0.3, -0.25) is 4.79 Å². The summed E-state index contributed by atoms with van der Waals surface area (Å²) in [6.07, 6.45) is 3.10. The first-order valence-electron chi connectivity index (χ1n) is 7.36. The Balaban J connectivity index is 0.00000135. The van der Waals surface area contributed by atoms with E-state index in [1.54, 1.807) is 0 Å².